The Bertz CT molecular complexity index is 688. The number of rotatable bonds is 7. The lowest BCUT2D eigenvalue weighted by Gasteiger charge is -2.19. The molecule has 1 aromatic rings. The van der Waals surface area contributed by atoms with E-state index >= 15 is 0 Å². The van der Waals surface area contributed by atoms with Crippen molar-refractivity contribution in [3.63, 3.8) is 0 Å². The number of alkyl halides is 3. The summed E-state index contributed by atoms with van der Waals surface area (Å²) in [5.41, 5.74) is 0.284. The third-order valence-corrected chi connectivity index (χ3v) is 3.09. The van der Waals surface area contributed by atoms with E-state index in [1.807, 2.05) is 0 Å². The molecule has 26 heavy (non-hydrogen) atoms. The Morgan fingerprint density at radius 3 is 2.19 bits per heavy atom. The zero-order chi connectivity index (χ0) is 19.9. The van der Waals surface area contributed by atoms with Gasteiger partial charge in [0.05, 0.1) is 12.7 Å². The van der Waals surface area contributed by atoms with Gasteiger partial charge in [0.2, 0.25) is 5.91 Å². The fourth-order valence-electron chi connectivity index (χ4n) is 1.81. The molecule has 8 nitrogen and oxygen atoms in total. The van der Waals surface area contributed by atoms with E-state index in [2.05, 4.69) is 10.1 Å². The highest BCUT2D eigenvalue weighted by molar-refractivity contribution is 5.98. The van der Waals surface area contributed by atoms with Crippen LogP contribution in [0, 0.1) is 0 Å². The first kappa shape index (κ1) is 20.9. The lowest BCUT2D eigenvalue weighted by molar-refractivity contribution is -0.305. The molecule has 1 rings (SSSR count). The topological polar surface area (TPSA) is 125 Å². The van der Waals surface area contributed by atoms with Crippen LogP contribution in [0.5, 0.6) is 0 Å². The van der Waals surface area contributed by atoms with E-state index in [1.54, 1.807) is 0 Å². The van der Waals surface area contributed by atoms with Crippen LogP contribution in [-0.4, -0.2) is 43.1 Å². The summed E-state index contributed by atoms with van der Waals surface area (Å²) in [7, 11) is 1.17. The van der Waals surface area contributed by atoms with Crippen molar-refractivity contribution in [3.05, 3.63) is 29.8 Å². The van der Waals surface area contributed by atoms with E-state index < -0.39 is 48.8 Å². The van der Waals surface area contributed by atoms with Crippen molar-refractivity contribution in [2.24, 2.45) is 0 Å². The average Bonchev–Trinajstić information content (AvgIpc) is 2.57. The van der Waals surface area contributed by atoms with Crippen molar-refractivity contribution in [2.45, 2.75) is 25.1 Å². The standard InChI is InChI=1S/C15H15F3N2O6/c1-26-13(24)8-2-4-9(5-3-8)19-12(23)10(6-7-11(21)22)20-14(25)15(16,17)18/h2-5,10H,6-7H2,1H3,(H,19,23)(H,20,25)(H,21,22)/p-1/t10-/m0/s1. The first-order valence-electron chi connectivity index (χ1n) is 7.11. The van der Waals surface area contributed by atoms with Gasteiger partial charge in [-0.05, 0) is 37.1 Å². The Kier molecular flexibility index (Phi) is 7.11. The summed E-state index contributed by atoms with van der Waals surface area (Å²) in [6.07, 6.45) is -6.57. The number of hydrogen-bond donors (Lipinski definition) is 2. The molecular formula is C15H14F3N2O6-. The molecule has 2 N–H and O–H groups in total. The summed E-state index contributed by atoms with van der Waals surface area (Å²) in [6.45, 7) is 0. The van der Waals surface area contributed by atoms with Crippen molar-refractivity contribution in [1.82, 2.24) is 5.32 Å². The third kappa shape index (κ3) is 6.42. The van der Waals surface area contributed by atoms with Crippen LogP contribution in [-0.2, 0) is 19.1 Å². The molecule has 11 heteroatoms. The zero-order valence-corrected chi connectivity index (χ0v) is 13.4. The van der Waals surface area contributed by atoms with E-state index in [1.165, 1.54) is 36.7 Å². The van der Waals surface area contributed by atoms with Gasteiger partial charge in [-0.3, -0.25) is 9.59 Å². The second-order valence-corrected chi connectivity index (χ2v) is 4.99. The Balaban J connectivity index is 2.85. The van der Waals surface area contributed by atoms with E-state index in [-0.39, 0.29) is 11.3 Å². The zero-order valence-electron chi connectivity index (χ0n) is 13.4. The number of halogens is 3. The summed E-state index contributed by atoms with van der Waals surface area (Å²) < 4.78 is 41.5. The van der Waals surface area contributed by atoms with Gasteiger partial charge in [0.1, 0.15) is 6.04 Å². The van der Waals surface area contributed by atoms with Crippen LogP contribution in [0.25, 0.3) is 0 Å². The highest BCUT2D eigenvalue weighted by Crippen LogP contribution is 2.16. The number of ether oxygens (including phenoxy) is 1. The number of nitrogens with one attached hydrogen (secondary N) is 2. The van der Waals surface area contributed by atoms with Crippen molar-refractivity contribution in [2.75, 3.05) is 12.4 Å². The first-order chi connectivity index (χ1) is 12.0. The monoisotopic (exact) mass is 375 g/mol. The predicted octanol–water partition coefficient (Wildman–Crippen LogP) is -0.0111. The predicted molar refractivity (Wildman–Crippen MR) is 78.6 cm³/mol. The third-order valence-electron chi connectivity index (χ3n) is 3.09. The maximum atomic E-state index is 12.3. The van der Waals surface area contributed by atoms with E-state index in [9.17, 15) is 37.5 Å². The molecule has 0 unspecified atom stereocenters. The van der Waals surface area contributed by atoms with Gasteiger partial charge >= 0.3 is 18.1 Å². The second-order valence-electron chi connectivity index (χ2n) is 4.99. The van der Waals surface area contributed by atoms with Crippen molar-refractivity contribution < 1.29 is 42.2 Å². The number of carboxylic acid groups (broad SMARTS) is 1. The molecule has 0 heterocycles. The second kappa shape index (κ2) is 8.83. The van der Waals surface area contributed by atoms with Crippen LogP contribution < -0.4 is 15.7 Å². The fraction of sp³-hybridized carbons (Fsp3) is 0.333. The molecule has 0 bridgehead atoms. The van der Waals surface area contributed by atoms with E-state index in [0.29, 0.717) is 0 Å². The van der Waals surface area contributed by atoms with Crippen LogP contribution >= 0.6 is 0 Å². The summed E-state index contributed by atoms with van der Waals surface area (Å²) >= 11 is 0. The molecule has 0 radical (unpaired) electrons. The van der Waals surface area contributed by atoms with Gasteiger partial charge in [0.25, 0.3) is 0 Å². The highest BCUT2D eigenvalue weighted by atomic mass is 19.4. The molecule has 1 aromatic carbocycles. The average molecular weight is 375 g/mol. The largest absolute Gasteiger partial charge is 0.550 e. The number of esters is 1. The molecular weight excluding hydrogens is 361 g/mol. The Morgan fingerprint density at radius 1 is 1.15 bits per heavy atom. The molecule has 1 atom stereocenters. The van der Waals surface area contributed by atoms with Crippen LogP contribution in [0.1, 0.15) is 23.2 Å². The summed E-state index contributed by atoms with van der Waals surface area (Å²) in [4.78, 5) is 44.8. The number of benzene rings is 1. The number of aliphatic carboxylic acids is 1. The van der Waals surface area contributed by atoms with Crippen LogP contribution in [0.2, 0.25) is 0 Å². The number of anilines is 1. The number of hydrogen-bond acceptors (Lipinski definition) is 6. The Labute approximate surface area is 145 Å². The molecule has 0 aliphatic heterocycles. The van der Waals surface area contributed by atoms with Crippen LogP contribution in [0.4, 0.5) is 18.9 Å². The number of carbonyl (C=O) groups is 4. The minimum absolute atomic E-state index is 0.113. The maximum Gasteiger partial charge on any atom is 0.471 e. The molecule has 0 aliphatic rings. The molecule has 0 saturated heterocycles. The Morgan fingerprint density at radius 2 is 1.73 bits per heavy atom. The van der Waals surface area contributed by atoms with Gasteiger partial charge in [-0.1, -0.05) is 0 Å². The maximum absolute atomic E-state index is 12.3. The molecule has 142 valence electrons. The number of carbonyl (C=O) groups excluding carboxylic acids is 4. The summed E-state index contributed by atoms with van der Waals surface area (Å²) in [6, 6.07) is 3.41. The lowest BCUT2D eigenvalue weighted by atomic mass is 10.1. The van der Waals surface area contributed by atoms with Gasteiger partial charge in [-0.15, -0.1) is 0 Å². The summed E-state index contributed by atoms with van der Waals surface area (Å²) in [5.74, 6) is -5.66. The van der Waals surface area contributed by atoms with Gasteiger partial charge in [-0.25, -0.2) is 4.79 Å². The van der Waals surface area contributed by atoms with Crippen molar-refractivity contribution >= 4 is 29.4 Å². The van der Waals surface area contributed by atoms with Gasteiger partial charge < -0.3 is 25.3 Å². The minimum atomic E-state index is -5.23. The quantitative estimate of drug-likeness (QED) is 0.646. The number of carboxylic acids is 1. The first-order valence-corrected chi connectivity index (χ1v) is 7.11. The van der Waals surface area contributed by atoms with Crippen LogP contribution in [0.3, 0.4) is 0 Å². The van der Waals surface area contributed by atoms with Gasteiger partial charge in [0.15, 0.2) is 0 Å². The smallest absolute Gasteiger partial charge is 0.471 e. The normalized spacial score (nSPS) is 12.0. The molecule has 0 fully saturated rings. The molecule has 2 amide bonds. The van der Waals surface area contributed by atoms with E-state index in [0.717, 1.165) is 0 Å². The summed E-state index contributed by atoms with van der Waals surface area (Å²) in [5, 5.41) is 14.1. The van der Waals surface area contributed by atoms with Gasteiger partial charge in [0, 0.05) is 11.7 Å². The van der Waals surface area contributed by atoms with Crippen molar-refractivity contribution in [1.29, 1.82) is 0 Å². The van der Waals surface area contributed by atoms with E-state index in [4.69, 9.17) is 0 Å². The van der Waals surface area contributed by atoms with Crippen molar-refractivity contribution in [3.8, 4) is 0 Å². The molecule has 0 aromatic heterocycles. The molecule has 0 spiro atoms. The van der Waals surface area contributed by atoms with Gasteiger partial charge in [-0.2, -0.15) is 13.2 Å². The fourth-order valence-corrected chi connectivity index (χ4v) is 1.81. The SMILES string of the molecule is COC(=O)c1ccc(NC(=O)[C@H](CCC(=O)[O-])NC(=O)C(F)(F)F)cc1. The Hall–Kier alpha value is -3.11. The van der Waals surface area contributed by atoms with Crippen LogP contribution in [0.15, 0.2) is 24.3 Å². The lowest BCUT2D eigenvalue weighted by Crippen LogP contribution is -2.49. The highest BCUT2D eigenvalue weighted by Gasteiger charge is 2.40. The number of amides is 2. The molecule has 0 aliphatic carbocycles. The molecule has 0 saturated carbocycles. The number of methoxy groups -OCH3 is 1. The minimum Gasteiger partial charge on any atom is -0.550 e.